The average molecular weight is 509 g/mol. The Hall–Kier alpha value is -3.39. The number of rotatable bonds is 10. The highest BCUT2D eigenvalue weighted by Gasteiger charge is 2.30. The number of hydrogen-bond acceptors (Lipinski definition) is 6. The van der Waals surface area contributed by atoms with E-state index in [0.29, 0.717) is 51.5 Å². The molecule has 3 N–H and O–H groups in total. The number of aliphatic hydroxyl groups excluding tert-OH is 1. The van der Waals surface area contributed by atoms with Gasteiger partial charge in [-0.1, -0.05) is 48.5 Å². The minimum absolute atomic E-state index is 0.0215. The topological polar surface area (TPSA) is 114 Å². The predicted molar refractivity (Wildman–Crippen MR) is 139 cm³/mol. The SMILES string of the molecule is COC(=O)[C@H](CCCCNC(=O)C1CCC(O)CC1)NC(=O)OCC1c2ccccc2-c2ccccc21. The van der Waals surface area contributed by atoms with Gasteiger partial charge in [0.1, 0.15) is 12.6 Å². The lowest BCUT2D eigenvalue weighted by Crippen LogP contribution is -2.42. The van der Waals surface area contributed by atoms with E-state index in [1.54, 1.807) is 0 Å². The summed E-state index contributed by atoms with van der Waals surface area (Å²) in [5.41, 5.74) is 4.53. The van der Waals surface area contributed by atoms with E-state index in [4.69, 9.17) is 9.47 Å². The molecule has 0 heterocycles. The van der Waals surface area contributed by atoms with Crippen LogP contribution in [0.2, 0.25) is 0 Å². The molecule has 2 aliphatic rings. The number of fused-ring (bicyclic) bond motifs is 3. The quantitative estimate of drug-likeness (QED) is 0.331. The molecule has 2 aliphatic carbocycles. The van der Waals surface area contributed by atoms with E-state index in [9.17, 15) is 19.5 Å². The van der Waals surface area contributed by atoms with Gasteiger partial charge in [0.25, 0.3) is 0 Å². The molecule has 37 heavy (non-hydrogen) atoms. The summed E-state index contributed by atoms with van der Waals surface area (Å²) in [6.07, 6.45) is 3.47. The summed E-state index contributed by atoms with van der Waals surface area (Å²) in [6, 6.07) is 15.4. The van der Waals surface area contributed by atoms with E-state index < -0.39 is 18.1 Å². The number of hydrogen-bond donors (Lipinski definition) is 3. The lowest BCUT2D eigenvalue weighted by atomic mass is 9.87. The molecule has 198 valence electrons. The fourth-order valence-electron chi connectivity index (χ4n) is 5.34. The number of ether oxygens (including phenoxy) is 2. The Balaban J connectivity index is 1.22. The van der Waals surface area contributed by atoms with Crippen molar-refractivity contribution in [2.45, 2.75) is 63.0 Å². The third-order valence-corrected chi connectivity index (χ3v) is 7.41. The molecule has 4 rings (SSSR count). The monoisotopic (exact) mass is 508 g/mol. The first-order valence-corrected chi connectivity index (χ1v) is 13.1. The summed E-state index contributed by atoms with van der Waals surface area (Å²) in [6.45, 7) is 0.661. The molecule has 1 saturated carbocycles. The lowest BCUT2D eigenvalue weighted by Gasteiger charge is -2.24. The number of esters is 1. The predicted octanol–water partition coefficient (Wildman–Crippen LogP) is 3.90. The molecule has 0 aromatic heterocycles. The molecule has 0 aliphatic heterocycles. The van der Waals surface area contributed by atoms with E-state index in [0.717, 1.165) is 22.3 Å². The molecule has 0 unspecified atom stereocenters. The zero-order valence-corrected chi connectivity index (χ0v) is 21.3. The van der Waals surface area contributed by atoms with Crippen LogP contribution in [0.5, 0.6) is 0 Å². The maximum absolute atomic E-state index is 12.6. The molecule has 8 nitrogen and oxygen atoms in total. The number of alkyl carbamates (subject to hydrolysis) is 1. The Labute approximate surface area is 217 Å². The minimum Gasteiger partial charge on any atom is -0.467 e. The number of unbranched alkanes of at least 4 members (excludes halogenated alkanes) is 1. The highest BCUT2D eigenvalue weighted by Crippen LogP contribution is 2.44. The summed E-state index contributed by atoms with van der Waals surface area (Å²) in [4.78, 5) is 37.2. The van der Waals surface area contributed by atoms with Crippen molar-refractivity contribution in [3.05, 3.63) is 59.7 Å². The van der Waals surface area contributed by atoms with Crippen molar-refractivity contribution in [1.29, 1.82) is 0 Å². The number of methoxy groups -OCH3 is 1. The Kier molecular flexibility index (Phi) is 9.17. The van der Waals surface area contributed by atoms with Crippen molar-refractivity contribution in [3.63, 3.8) is 0 Å². The summed E-state index contributed by atoms with van der Waals surface area (Å²) in [5, 5.41) is 15.2. The van der Waals surface area contributed by atoms with Crippen LogP contribution in [0.15, 0.2) is 48.5 Å². The van der Waals surface area contributed by atoms with E-state index in [1.165, 1.54) is 7.11 Å². The van der Waals surface area contributed by atoms with Crippen LogP contribution in [0.4, 0.5) is 4.79 Å². The van der Waals surface area contributed by atoms with E-state index >= 15 is 0 Å². The normalized spacial score (nSPS) is 19.3. The molecule has 1 fully saturated rings. The standard InChI is InChI=1S/C29H36N2O6/c1-36-28(34)26(12-6-7-17-30-27(33)19-13-15-20(32)16-14-19)31-29(35)37-18-25-23-10-4-2-8-21(23)22-9-3-5-11-24(22)25/h2-5,8-11,19-20,25-26,32H,6-7,12-18H2,1H3,(H,30,33)(H,31,35)/t19?,20?,26-/m0/s1. The highest BCUT2D eigenvalue weighted by atomic mass is 16.6. The molecule has 0 radical (unpaired) electrons. The molecule has 2 aromatic rings. The molecule has 0 saturated heterocycles. The first-order chi connectivity index (χ1) is 18.0. The first-order valence-electron chi connectivity index (χ1n) is 13.1. The third kappa shape index (κ3) is 6.68. The second-order valence-corrected chi connectivity index (χ2v) is 9.84. The van der Waals surface area contributed by atoms with Gasteiger partial charge in [-0.25, -0.2) is 9.59 Å². The zero-order valence-electron chi connectivity index (χ0n) is 21.3. The van der Waals surface area contributed by atoms with Crippen molar-refractivity contribution in [2.24, 2.45) is 5.92 Å². The van der Waals surface area contributed by atoms with Crippen LogP contribution in [0, 0.1) is 5.92 Å². The maximum atomic E-state index is 12.6. The second kappa shape index (κ2) is 12.7. The molecule has 8 heteroatoms. The lowest BCUT2D eigenvalue weighted by molar-refractivity contribution is -0.143. The number of benzene rings is 2. The number of amides is 2. The first kappa shape index (κ1) is 26.7. The van der Waals surface area contributed by atoms with Crippen LogP contribution in [0.1, 0.15) is 62.0 Å². The Bertz CT molecular complexity index is 1050. The van der Waals surface area contributed by atoms with Crippen LogP contribution >= 0.6 is 0 Å². The van der Waals surface area contributed by atoms with E-state index in [1.807, 2.05) is 24.3 Å². The number of nitrogens with one attached hydrogen (secondary N) is 2. The largest absolute Gasteiger partial charge is 0.467 e. The smallest absolute Gasteiger partial charge is 0.407 e. The van der Waals surface area contributed by atoms with Crippen molar-refractivity contribution in [1.82, 2.24) is 10.6 Å². The van der Waals surface area contributed by atoms with E-state index in [-0.39, 0.29) is 30.5 Å². The number of carbonyl (C=O) groups is 3. The Morgan fingerprint density at radius 3 is 2.19 bits per heavy atom. The van der Waals surface area contributed by atoms with Crippen molar-refractivity contribution < 1.29 is 29.0 Å². The fourth-order valence-corrected chi connectivity index (χ4v) is 5.34. The van der Waals surface area contributed by atoms with Gasteiger partial charge in [0.15, 0.2) is 0 Å². The van der Waals surface area contributed by atoms with Crippen molar-refractivity contribution in [2.75, 3.05) is 20.3 Å². The Morgan fingerprint density at radius 1 is 0.946 bits per heavy atom. The summed E-state index contributed by atoms with van der Waals surface area (Å²) in [7, 11) is 1.29. The maximum Gasteiger partial charge on any atom is 0.407 e. The van der Waals surface area contributed by atoms with Gasteiger partial charge in [0.05, 0.1) is 13.2 Å². The molecular formula is C29H36N2O6. The van der Waals surface area contributed by atoms with Gasteiger partial charge in [-0.05, 0) is 67.2 Å². The molecule has 0 bridgehead atoms. The minimum atomic E-state index is -0.823. The van der Waals surface area contributed by atoms with Gasteiger partial charge >= 0.3 is 12.1 Å². The van der Waals surface area contributed by atoms with Gasteiger partial charge in [-0.3, -0.25) is 4.79 Å². The van der Waals surface area contributed by atoms with Crippen molar-refractivity contribution >= 4 is 18.0 Å². The van der Waals surface area contributed by atoms with Gasteiger partial charge in [0.2, 0.25) is 5.91 Å². The van der Waals surface area contributed by atoms with Gasteiger partial charge in [-0.15, -0.1) is 0 Å². The Morgan fingerprint density at radius 2 is 1.57 bits per heavy atom. The van der Waals surface area contributed by atoms with Crippen LogP contribution in [0.3, 0.4) is 0 Å². The van der Waals surface area contributed by atoms with E-state index in [2.05, 4.69) is 34.9 Å². The molecule has 2 amide bonds. The third-order valence-electron chi connectivity index (χ3n) is 7.41. The zero-order chi connectivity index (χ0) is 26.2. The number of carbonyl (C=O) groups excluding carboxylic acids is 3. The molecule has 1 atom stereocenters. The molecule has 2 aromatic carbocycles. The van der Waals surface area contributed by atoms with Gasteiger partial charge < -0.3 is 25.2 Å². The van der Waals surface area contributed by atoms with Crippen LogP contribution in [0.25, 0.3) is 11.1 Å². The number of aliphatic hydroxyl groups is 1. The summed E-state index contributed by atoms with van der Waals surface area (Å²) >= 11 is 0. The fraction of sp³-hybridized carbons (Fsp3) is 0.483. The van der Waals surface area contributed by atoms with Crippen LogP contribution in [-0.4, -0.2) is 55.5 Å². The summed E-state index contributed by atoms with van der Waals surface area (Å²) in [5.74, 6) is -0.612. The van der Waals surface area contributed by atoms with Gasteiger partial charge in [0, 0.05) is 18.4 Å². The van der Waals surface area contributed by atoms with Gasteiger partial charge in [-0.2, -0.15) is 0 Å². The van der Waals surface area contributed by atoms with Crippen LogP contribution in [-0.2, 0) is 19.1 Å². The summed E-state index contributed by atoms with van der Waals surface area (Å²) < 4.78 is 10.4. The highest BCUT2D eigenvalue weighted by molar-refractivity contribution is 5.82. The average Bonchev–Trinajstić information content (AvgIpc) is 3.24. The molecular weight excluding hydrogens is 472 g/mol. The van der Waals surface area contributed by atoms with Crippen molar-refractivity contribution in [3.8, 4) is 11.1 Å². The van der Waals surface area contributed by atoms with Crippen LogP contribution < -0.4 is 10.6 Å². The molecule has 0 spiro atoms. The second-order valence-electron chi connectivity index (χ2n) is 9.84.